The van der Waals surface area contributed by atoms with Crippen LogP contribution in [0, 0.1) is 0 Å². The van der Waals surface area contributed by atoms with Gasteiger partial charge in [-0.3, -0.25) is 4.90 Å². The first-order chi connectivity index (χ1) is 9.06. The molecule has 0 unspecified atom stereocenters. The summed E-state index contributed by atoms with van der Waals surface area (Å²) in [7, 11) is 1.99. The number of urea groups is 1. The highest BCUT2D eigenvalue weighted by Gasteiger charge is 2.26. The molecule has 1 rings (SSSR count). The standard InChI is InChI=1S/C14H28N4O/c1-12(2)18(14(15)19)13-6-10-17(11-7-13)9-5-4-8-16-3/h13,16H,1,4-11H2,2-3H3,(H2,15,19). The third-order valence-electron chi connectivity index (χ3n) is 3.72. The highest BCUT2D eigenvalue weighted by atomic mass is 16.2. The predicted octanol–water partition coefficient (Wildman–Crippen LogP) is 1.36. The Morgan fingerprint density at radius 2 is 2.05 bits per heavy atom. The van der Waals surface area contributed by atoms with Crippen molar-refractivity contribution in [1.29, 1.82) is 0 Å². The van der Waals surface area contributed by atoms with E-state index in [-0.39, 0.29) is 12.1 Å². The smallest absolute Gasteiger partial charge is 0.319 e. The largest absolute Gasteiger partial charge is 0.351 e. The van der Waals surface area contributed by atoms with Crippen LogP contribution in [0.1, 0.15) is 32.6 Å². The topological polar surface area (TPSA) is 61.6 Å². The van der Waals surface area contributed by atoms with Gasteiger partial charge < -0.3 is 16.0 Å². The molecule has 19 heavy (non-hydrogen) atoms. The number of carbonyl (C=O) groups excluding carboxylic acids is 1. The van der Waals surface area contributed by atoms with Gasteiger partial charge in [-0.2, -0.15) is 0 Å². The van der Waals surface area contributed by atoms with Crippen LogP contribution in [0.5, 0.6) is 0 Å². The average molecular weight is 268 g/mol. The molecule has 1 fully saturated rings. The number of hydrogen-bond donors (Lipinski definition) is 2. The molecule has 0 aromatic rings. The minimum Gasteiger partial charge on any atom is -0.351 e. The summed E-state index contributed by atoms with van der Waals surface area (Å²) in [6.07, 6.45) is 4.42. The maximum absolute atomic E-state index is 11.4. The molecule has 3 N–H and O–H groups in total. The predicted molar refractivity (Wildman–Crippen MR) is 78.9 cm³/mol. The van der Waals surface area contributed by atoms with Crippen molar-refractivity contribution in [3.8, 4) is 0 Å². The summed E-state index contributed by atoms with van der Waals surface area (Å²) in [6.45, 7) is 10.0. The minimum atomic E-state index is -0.375. The van der Waals surface area contributed by atoms with Crippen molar-refractivity contribution in [3.05, 3.63) is 12.3 Å². The summed E-state index contributed by atoms with van der Waals surface area (Å²) in [5.41, 5.74) is 6.17. The number of piperidine rings is 1. The van der Waals surface area contributed by atoms with Crippen LogP contribution in [0.25, 0.3) is 0 Å². The summed E-state index contributed by atoms with van der Waals surface area (Å²) < 4.78 is 0. The number of allylic oxidation sites excluding steroid dienone is 1. The van der Waals surface area contributed by atoms with Gasteiger partial charge in [0.2, 0.25) is 0 Å². The van der Waals surface area contributed by atoms with E-state index in [9.17, 15) is 4.79 Å². The van der Waals surface area contributed by atoms with Gasteiger partial charge in [0.25, 0.3) is 0 Å². The van der Waals surface area contributed by atoms with Crippen molar-refractivity contribution in [2.24, 2.45) is 5.73 Å². The fourth-order valence-electron chi connectivity index (χ4n) is 2.72. The molecule has 1 heterocycles. The van der Waals surface area contributed by atoms with Gasteiger partial charge in [-0.05, 0) is 52.7 Å². The van der Waals surface area contributed by atoms with Gasteiger partial charge in [-0.15, -0.1) is 0 Å². The average Bonchev–Trinajstić information content (AvgIpc) is 2.35. The fraction of sp³-hybridized carbons (Fsp3) is 0.786. The van der Waals surface area contributed by atoms with Crippen LogP contribution in [0.4, 0.5) is 4.79 Å². The van der Waals surface area contributed by atoms with Crippen LogP contribution in [-0.2, 0) is 0 Å². The van der Waals surface area contributed by atoms with E-state index in [2.05, 4.69) is 16.8 Å². The summed E-state index contributed by atoms with van der Waals surface area (Å²) in [6, 6.07) is -0.150. The number of nitrogens with one attached hydrogen (secondary N) is 1. The number of unbranched alkanes of at least 4 members (excludes halogenated alkanes) is 1. The summed E-state index contributed by atoms with van der Waals surface area (Å²) in [5, 5.41) is 3.17. The van der Waals surface area contributed by atoms with Gasteiger partial charge in [0.1, 0.15) is 0 Å². The zero-order valence-electron chi connectivity index (χ0n) is 12.3. The first-order valence-corrected chi connectivity index (χ1v) is 7.17. The van der Waals surface area contributed by atoms with Crippen molar-refractivity contribution in [3.63, 3.8) is 0 Å². The Kier molecular flexibility index (Phi) is 6.87. The number of amides is 2. The number of nitrogens with zero attached hydrogens (tertiary/aromatic N) is 2. The first-order valence-electron chi connectivity index (χ1n) is 7.17. The summed E-state index contributed by atoms with van der Waals surface area (Å²) >= 11 is 0. The van der Waals surface area contributed by atoms with E-state index in [1.807, 2.05) is 14.0 Å². The van der Waals surface area contributed by atoms with E-state index < -0.39 is 0 Å². The second kappa shape index (κ2) is 8.17. The van der Waals surface area contributed by atoms with E-state index in [4.69, 9.17) is 5.73 Å². The molecule has 1 aliphatic rings. The molecule has 2 amide bonds. The van der Waals surface area contributed by atoms with E-state index in [0.29, 0.717) is 0 Å². The van der Waals surface area contributed by atoms with E-state index in [0.717, 1.165) is 44.7 Å². The molecule has 0 spiro atoms. The lowest BCUT2D eigenvalue weighted by molar-refractivity contribution is 0.142. The lowest BCUT2D eigenvalue weighted by Gasteiger charge is -2.37. The van der Waals surface area contributed by atoms with Crippen molar-refractivity contribution in [2.45, 2.75) is 38.6 Å². The Balaban J connectivity index is 2.31. The molecule has 5 heteroatoms. The zero-order valence-corrected chi connectivity index (χ0v) is 12.3. The molecule has 0 aromatic heterocycles. The van der Waals surface area contributed by atoms with Crippen LogP contribution < -0.4 is 11.1 Å². The SMILES string of the molecule is C=C(C)N(C(N)=O)C1CCN(CCCCNC)CC1. The quantitative estimate of drug-likeness (QED) is 0.685. The van der Waals surface area contributed by atoms with Gasteiger partial charge in [-0.1, -0.05) is 6.58 Å². The highest BCUT2D eigenvalue weighted by Crippen LogP contribution is 2.19. The van der Waals surface area contributed by atoms with Gasteiger partial charge in [-0.25, -0.2) is 4.79 Å². The van der Waals surface area contributed by atoms with Crippen LogP contribution in [0.15, 0.2) is 12.3 Å². The van der Waals surface area contributed by atoms with Crippen LogP contribution in [0.3, 0.4) is 0 Å². The van der Waals surface area contributed by atoms with Crippen molar-refractivity contribution in [2.75, 3.05) is 33.2 Å². The summed E-state index contributed by atoms with van der Waals surface area (Å²) in [5.74, 6) is 0. The Morgan fingerprint density at radius 3 is 2.53 bits per heavy atom. The van der Waals surface area contributed by atoms with E-state index in [1.165, 1.54) is 12.8 Å². The lowest BCUT2D eigenvalue weighted by atomic mass is 10.0. The number of carbonyl (C=O) groups is 1. The molecule has 0 aliphatic carbocycles. The lowest BCUT2D eigenvalue weighted by Crippen LogP contribution is -2.48. The first kappa shape index (κ1) is 16.0. The Labute approximate surface area is 116 Å². The second-order valence-electron chi connectivity index (χ2n) is 5.33. The number of likely N-dealkylation sites (tertiary alicyclic amines) is 1. The maximum atomic E-state index is 11.4. The number of hydrogen-bond acceptors (Lipinski definition) is 3. The van der Waals surface area contributed by atoms with Gasteiger partial charge in [0.15, 0.2) is 0 Å². The van der Waals surface area contributed by atoms with Crippen molar-refractivity contribution >= 4 is 6.03 Å². The molecule has 0 bridgehead atoms. The minimum absolute atomic E-state index is 0.226. The van der Waals surface area contributed by atoms with Crippen molar-refractivity contribution < 1.29 is 4.79 Å². The molecule has 0 aromatic carbocycles. The molecule has 110 valence electrons. The molecule has 5 nitrogen and oxygen atoms in total. The Bertz CT molecular complexity index is 284. The van der Waals surface area contributed by atoms with Gasteiger partial charge in [0, 0.05) is 24.8 Å². The van der Waals surface area contributed by atoms with E-state index >= 15 is 0 Å². The third kappa shape index (κ3) is 5.20. The molecule has 0 radical (unpaired) electrons. The monoisotopic (exact) mass is 268 g/mol. The third-order valence-corrected chi connectivity index (χ3v) is 3.72. The normalized spacial score (nSPS) is 17.4. The molecule has 1 saturated heterocycles. The van der Waals surface area contributed by atoms with Crippen LogP contribution in [0.2, 0.25) is 0 Å². The molecule has 0 atom stereocenters. The van der Waals surface area contributed by atoms with Crippen LogP contribution >= 0.6 is 0 Å². The number of rotatable bonds is 7. The molecule has 0 saturated carbocycles. The zero-order chi connectivity index (χ0) is 14.3. The number of nitrogens with two attached hydrogens (primary N) is 1. The fourth-order valence-corrected chi connectivity index (χ4v) is 2.72. The molecular formula is C14H28N4O. The Hall–Kier alpha value is -1.07. The molecule has 1 aliphatic heterocycles. The highest BCUT2D eigenvalue weighted by molar-refractivity contribution is 5.74. The van der Waals surface area contributed by atoms with Crippen molar-refractivity contribution in [1.82, 2.24) is 15.1 Å². The Morgan fingerprint density at radius 1 is 1.42 bits per heavy atom. The molecular weight excluding hydrogens is 240 g/mol. The number of primary amides is 1. The van der Waals surface area contributed by atoms with Gasteiger partial charge >= 0.3 is 6.03 Å². The van der Waals surface area contributed by atoms with E-state index in [1.54, 1.807) is 4.90 Å². The van der Waals surface area contributed by atoms with Crippen LogP contribution in [-0.4, -0.2) is 55.1 Å². The van der Waals surface area contributed by atoms with Gasteiger partial charge in [0.05, 0.1) is 0 Å². The second-order valence-corrected chi connectivity index (χ2v) is 5.33. The summed E-state index contributed by atoms with van der Waals surface area (Å²) in [4.78, 5) is 15.6. The maximum Gasteiger partial charge on any atom is 0.319 e.